The Labute approximate surface area is 84.0 Å². The van der Waals surface area contributed by atoms with Gasteiger partial charge < -0.3 is 10.6 Å². The lowest BCUT2D eigenvalue weighted by atomic mass is 9.83. The van der Waals surface area contributed by atoms with Crippen LogP contribution in [0.4, 0.5) is 0 Å². The molecule has 0 unspecified atom stereocenters. The smallest absolute Gasteiger partial charge is 0.0650 e. The Morgan fingerprint density at radius 3 is 3.36 bits per heavy atom. The van der Waals surface area contributed by atoms with Crippen LogP contribution >= 0.6 is 0 Å². The molecule has 2 atom stereocenters. The zero-order chi connectivity index (χ0) is 9.38. The first-order chi connectivity index (χ1) is 6.93. The number of nitrogens with one attached hydrogen (secondary N) is 3. The van der Waals surface area contributed by atoms with Crippen LogP contribution in [0.3, 0.4) is 0 Å². The summed E-state index contributed by atoms with van der Waals surface area (Å²) in [5.74, 6) is 0.657. The average Bonchev–Trinajstić information content (AvgIpc) is 2.26. The summed E-state index contributed by atoms with van der Waals surface area (Å²) in [6.07, 6.45) is 9.81. The van der Waals surface area contributed by atoms with Gasteiger partial charge >= 0.3 is 0 Å². The van der Waals surface area contributed by atoms with Crippen molar-refractivity contribution in [1.29, 1.82) is 0 Å². The van der Waals surface area contributed by atoms with Gasteiger partial charge in [0.2, 0.25) is 0 Å². The van der Waals surface area contributed by atoms with Crippen molar-refractivity contribution in [3.05, 3.63) is 35.7 Å². The van der Waals surface area contributed by atoms with Crippen molar-refractivity contribution < 1.29 is 0 Å². The van der Waals surface area contributed by atoms with Gasteiger partial charge in [0.15, 0.2) is 0 Å². The van der Waals surface area contributed by atoms with Crippen molar-refractivity contribution in [1.82, 2.24) is 16.0 Å². The van der Waals surface area contributed by atoms with Crippen LogP contribution in [0.25, 0.3) is 0 Å². The number of hydrogen-bond donors (Lipinski definition) is 3. The fourth-order valence-electron chi connectivity index (χ4n) is 2.40. The van der Waals surface area contributed by atoms with Gasteiger partial charge in [0, 0.05) is 18.2 Å². The topological polar surface area (TPSA) is 36.1 Å². The number of fused-ring (bicyclic) bond motifs is 2. The minimum Gasteiger partial charge on any atom is -0.384 e. The number of rotatable bonds is 0. The molecule has 3 aliphatic rings. The normalized spacial score (nSPS) is 34.3. The van der Waals surface area contributed by atoms with E-state index >= 15 is 0 Å². The summed E-state index contributed by atoms with van der Waals surface area (Å²) < 4.78 is 0. The first kappa shape index (κ1) is 8.12. The summed E-state index contributed by atoms with van der Waals surface area (Å²) in [5.41, 5.74) is 2.82. The molecule has 0 aromatic carbocycles. The number of allylic oxidation sites excluding steroid dienone is 2. The Morgan fingerprint density at radius 2 is 2.36 bits per heavy atom. The van der Waals surface area contributed by atoms with Crippen LogP contribution in [0.15, 0.2) is 35.7 Å². The van der Waals surface area contributed by atoms with E-state index in [1.807, 2.05) is 6.20 Å². The van der Waals surface area contributed by atoms with E-state index in [0.717, 1.165) is 13.2 Å². The van der Waals surface area contributed by atoms with E-state index in [9.17, 15) is 0 Å². The molecule has 3 rings (SSSR count). The lowest BCUT2D eigenvalue weighted by Crippen LogP contribution is -2.47. The van der Waals surface area contributed by atoms with Crippen LogP contribution in [0.1, 0.15) is 6.42 Å². The Bertz CT molecular complexity index is 327. The third-order valence-electron chi connectivity index (χ3n) is 3.18. The SMILES string of the molecule is C1=CN[C@H]2C[C@@H]3CNCNC3=CC2=C1. The van der Waals surface area contributed by atoms with E-state index in [2.05, 4.69) is 34.2 Å². The Hall–Kier alpha value is -1.22. The summed E-state index contributed by atoms with van der Waals surface area (Å²) in [6.45, 7) is 2.01. The highest BCUT2D eigenvalue weighted by Gasteiger charge is 2.28. The summed E-state index contributed by atoms with van der Waals surface area (Å²) in [4.78, 5) is 0. The lowest BCUT2D eigenvalue weighted by molar-refractivity contribution is 0.375. The molecule has 0 aromatic heterocycles. The first-order valence-corrected chi connectivity index (χ1v) is 5.22. The van der Waals surface area contributed by atoms with Crippen molar-refractivity contribution in [3.8, 4) is 0 Å². The van der Waals surface area contributed by atoms with E-state index in [4.69, 9.17) is 0 Å². The molecule has 2 aliphatic heterocycles. The fraction of sp³-hybridized carbons (Fsp3) is 0.455. The second-order valence-electron chi connectivity index (χ2n) is 4.09. The molecule has 0 saturated carbocycles. The van der Waals surface area contributed by atoms with Crippen LogP contribution in [0.2, 0.25) is 0 Å². The number of dihydropyridines is 1. The van der Waals surface area contributed by atoms with Crippen molar-refractivity contribution in [3.63, 3.8) is 0 Å². The second kappa shape index (κ2) is 3.17. The van der Waals surface area contributed by atoms with E-state index in [1.54, 1.807) is 0 Å². The van der Waals surface area contributed by atoms with E-state index in [1.165, 1.54) is 17.7 Å². The molecule has 3 N–H and O–H groups in total. The van der Waals surface area contributed by atoms with Gasteiger partial charge in [-0.15, -0.1) is 0 Å². The Kier molecular flexibility index (Phi) is 1.84. The van der Waals surface area contributed by atoms with Gasteiger partial charge in [-0.1, -0.05) is 6.08 Å². The third kappa shape index (κ3) is 1.24. The third-order valence-corrected chi connectivity index (χ3v) is 3.18. The minimum atomic E-state index is 0.524. The zero-order valence-corrected chi connectivity index (χ0v) is 8.09. The van der Waals surface area contributed by atoms with Gasteiger partial charge in [-0.05, 0) is 30.3 Å². The molecule has 3 nitrogen and oxygen atoms in total. The maximum atomic E-state index is 3.41. The van der Waals surface area contributed by atoms with E-state index in [-0.39, 0.29) is 0 Å². The maximum Gasteiger partial charge on any atom is 0.0650 e. The summed E-state index contributed by atoms with van der Waals surface area (Å²) in [7, 11) is 0. The van der Waals surface area contributed by atoms with Gasteiger partial charge in [0.05, 0.1) is 12.7 Å². The van der Waals surface area contributed by atoms with Gasteiger partial charge in [-0.2, -0.15) is 0 Å². The quantitative estimate of drug-likeness (QED) is 0.518. The predicted octanol–water partition coefficient (Wildman–Crippen LogP) is 0.452. The molecule has 1 aliphatic carbocycles. The largest absolute Gasteiger partial charge is 0.384 e. The second-order valence-corrected chi connectivity index (χ2v) is 4.09. The summed E-state index contributed by atoms with van der Waals surface area (Å²) in [5, 5.41) is 10.2. The fourth-order valence-corrected chi connectivity index (χ4v) is 2.40. The van der Waals surface area contributed by atoms with Crippen LogP contribution < -0.4 is 16.0 Å². The van der Waals surface area contributed by atoms with Crippen LogP contribution in [0, 0.1) is 5.92 Å². The van der Waals surface area contributed by atoms with Gasteiger partial charge in [-0.3, -0.25) is 5.32 Å². The molecule has 0 bridgehead atoms. The van der Waals surface area contributed by atoms with Crippen molar-refractivity contribution in [2.24, 2.45) is 5.92 Å². The standard InChI is InChI=1S/C11H15N3/c1-2-8-4-11-9(6-12-7-14-11)5-10(8)13-3-1/h1-4,9-10,12-14H,5-7H2/t9-,10+/m1/s1. The summed E-state index contributed by atoms with van der Waals surface area (Å²) >= 11 is 0. The highest BCUT2D eigenvalue weighted by atomic mass is 15.1. The molecule has 0 radical (unpaired) electrons. The molecule has 0 aromatic rings. The highest BCUT2D eigenvalue weighted by molar-refractivity contribution is 5.38. The number of hydrogen-bond acceptors (Lipinski definition) is 3. The van der Waals surface area contributed by atoms with Crippen LogP contribution in [-0.2, 0) is 0 Å². The van der Waals surface area contributed by atoms with Crippen LogP contribution in [0.5, 0.6) is 0 Å². The lowest BCUT2D eigenvalue weighted by Gasteiger charge is -2.36. The van der Waals surface area contributed by atoms with E-state index in [0.29, 0.717) is 12.0 Å². The van der Waals surface area contributed by atoms with Crippen molar-refractivity contribution >= 4 is 0 Å². The molecule has 14 heavy (non-hydrogen) atoms. The minimum absolute atomic E-state index is 0.524. The molecule has 0 spiro atoms. The molecule has 74 valence electrons. The van der Waals surface area contributed by atoms with Crippen molar-refractivity contribution in [2.45, 2.75) is 12.5 Å². The maximum absolute atomic E-state index is 3.41. The van der Waals surface area contributed by atoms with Gasteiger partial charge in [0.1, 0.15) is 0 Å². The van der Waals surface area contributed by atoms with Crippen molar-refractivity contribution in [2.75, 3.05) is 13.2 Å². The molecule has 0 amide bonds. The van der Waals surface area contributed by atoms with E-state index < -0.39 is 0 Å². The molecular formula is C11H15N3. The zero-order valence-electron chi connectivity index (χ0n) is 8.09. The molecule has 1 saturated heterocycles. The van der Waals surface area contributed by atoms with Crippen LogP contribution in [-0.4, -0.2) is 19.3 Å². The first-order valence-electron chi connectivity index (χ1n) is 5.22. The molecular weight excluding hydrogens is 174 g/mol. The highest BCUT2D eigenvalue weighted by Crippen LogP contribution is 2.28. The molecule has 1 fully saturated rings. The Morgan fingerprint density at radius 1 is 1.36 bits per heavy atom. The van der Waals surface area contributed by atoms with Gasteiger partial charge in [-0.25, -0.2) is 0 Å². The Balaban J connectivity index is 1.92. The average molecular weight is 189 g/mol. The summed E-state index contributed by atoms with van der Waals surface area (Å²) in [6, 6.07) is 0.524. The predicted molar refractivity (Wildman–Crippen MR) is 56.3 cm³/mol. The molecule has 3 heteroatoms. The van der Waals surface area contributed by atoms with Gasteiger partial charge in [0.25, 0.3) is 0 Å². The molecule has 2 heterocycles. The monoisotopic (exact) mass is 189 g/mol.